The smallest absolute Gasteiger partial charge is 0.269 e. The van der Waals surface area contributed by atoms with Crippen LogP contribution in [0, 0.1) is 10.1 Å². The summed E-state index contributed by atoms with van der Waals surface area (Å²) in [5.74, 6) is 1.65. The van der Waals surface area contributed by atoms with Crippen molar-refractivity contribution in [2.75, 3.05) is 11.1 Å². The Bertz CT molecular complexity index is 1140. The van der Waals surface area contributed by atoms with E-state index in [0.717, 1.165) is 5.75 Å². The second kappa shape index (κ2) is 11.5. The number of benzene rings is 2. The van der Waals surface area contributed by atoms with Gasteiger partial charge in [0, 0.05) is 24.4 Å². The van der Waals surface area contributed by atoms with Crippen molar-refractivity contribution in [2.24, 2.45) is 0 Å². The lowest BCUT2D eigenvalue weighted by Crippen LogP contribution is -2.15. The highest BCUT2D eigenvalue weighted by Crippen LogP contribution is 2.26. The van der Waals surface area contributed by atoms with E-state index >= 15 is 0 Å². The molecule has 0 aliphatic carbocycles. The Kier molecular flexibility index (Phi) is 8.42. The lowest BCUT2D eigenvalue weighted by Gasteiger charge is -2.16. The lowest BCUT2D eigenvalue weighted by molar-refractivity contribution is -0.384. The maximum Gasteiger partial charge on any atom is 0.269 e. The van der Waals surface area contributed by atoms with Gasteiger partial charge in [-0.15, -0.1) is 16.8 Å². The summed E-state index contributed by atoms with van der Waals surface area (Å²) >= 11 is 1.24. The molecule has 0 bridgehead atoms. The number of non-ortho nitro benzene ring substituents is 1. The van der Waals surface area contributed by atoms with Gasteiger partial charge in [-0.3, -0.25) is 19.5 Å². The first-order chi connectivity index (χ1) is 16.3. The van der Waals surface area contributed by atoms with Crippen LogP contribution in [0.3, 0.4) is 0 Å². The third-order valence-electron chi connectivity index (χ3n) is 4.97. The maximum absolute atomic E-state index is 12.4. The molecule has 1 N–H and O–H groups in total. The van der Waals surface area contributed by atoms with Gasteiger partial charge in [-0.25, -0.2) is 0 Å². The van der Waals surface area contributed by atoms with E-state index < -0.39 is 4.92 Å². The molecule has 34 heavy (non-hydrogen) atoms. The summed E-state index contributed by atoms with van der Waals surface area (Å²) < 4.78 is 7.94. The van der Waals surface area contributed by atoms with Crippen LogP contribution < -0.4 is 10.1 Å². The maximum atomic E-state index is 12.4. The van der Waals surface area contributed by atoms with Crippen LogP contribution in [0.15, 0.2) is 66.3 Å². The van der Waals surface area contributed by atoms with Crippen molar-refractivity contribution >= 4 is 29.0 Å². The minimum absolute atomic E-state index is 0.0374. The standard InChI is InChI=1S/C24H27N5O4S/c1-5-14-28-23(17(4)33-21-12-6-18(7-13-21)16(2)3)26-27-24(28)34-15-22(30)25-19-8-10-20(11-9-19)29(31)32/h5-13,16-17H,1,14-15H2,2-4H3,(H,25,30). The summed E-state index contributed by atoms with van der Waals surface area (Å²) in [4.78, 5) is 22.6. The van der Waals surface area contributed by atoms with Gasteiger partial charge in [0.05, 0.1) is 10.7 Å². The van der Waals surface area contributed by atoms with Crippen LogP contribution in [0.4, 0.5) is 11.4 Å². The van der Waals surface area contributed by atoms with Crippen LogP contribution in [-0.4, -0.2) is 31.3 Å². The van der Waals surface area contributed by atoms with Crippen LogP contribution in [0.2, 0.25) is 0 Å². The fourth-order valence-electron chi connectivity index (χ4n) is 3.19. The highest BCUT2D eigenvalue weighted by atomic mass is 32.2. The molecule has 0 fully saturated rings. The van der Waals surface area contributed by atoms with Gasteiger partial charge >= 0.3 is 0 Å². The number of aromatic nitrogens is 3. The molecule has 3 aromatic rings. The predicted molar refractivity (Wildman–Crippen MR) is 132 cm³/mol. The Hall–Kier alpha value is -3.66. The quantitative estimate of drug-likeness (QED) is 0.170. The van der Waals surface area contributed by atoms with E-state index in [0.29, 0.717) is 29.1 Å². The Morgan fingerprint density at radius 2 is 1.85 bits per heavy atom. The summed E-state index contributed by atoms with van der Waals surface area (Å²) in [6.07, 6.45) is 1.37. The zero-order valence-electron chi connectivity index (χ0n) is 19.3. The zero-order valence-corrected chi connectivity index (χ0v) is 20.1. The number of nitrogens with zero attached hydrogens (tertiary/aromatic N) is 4. The van der Waals surface area contributed by atoms with Crippen LogP contribution in [0.5, 0.6) is 5.75 Å². The molecule has 0 aliphatic heterocycles. The second-order valence-corrected chi connectivity index (χ2v) is 8.81. The molecular formula is C24H27N5O4S. The number of thioether (sulfide) groups is 1. The Morgan fingerprint density at radius 3 is 2.44 bits per heavy atom. The normalized spacial score (nSPS) is 11.8. The van der Waals surface area contributed by atoms with E-state index in [4.69, 9.17) is 4.74 Å². The summed E-state index contributed by atoms with van der Waals surface area (Å²) in [5, 5.41) is 22.6. The minimum atomic E-state index is -0.489. The third-order valence-corrected chi connectivity index (χ3v) is 5.94. The molecule has 178 valence electrons. The molecule has 0 aliphatic rings. The topological polar surface area (TPSA) is 112 Å². The van der Waals surface area contributed by atoms with Crippen LogP contribution in [0.1, 0.15) is 44.2 Å². The van der Waals surface area contributed by atoms with Gasteiger partial charge in [0.2, 0.25) is 5.91 Å². The number of anilines is 1. The van der Waals surface area contributed by atoms with E-state index in [1.54, 1.807) is 6.08 Å². The van der Waals surface area contributed by atoms with Gasteiger partial charge in [-0.05, 0) is 42.7 Å². The number of hydrogen-bond donors (Lipinski definition) is 1. The molecule has 1 unspecified atom stereocenters. The fraction of sp³-hybridized carbons (Fsp3) is 0.292. The molecule has 1 aromatic heterocycles. The summed E-state index contributed by atoms with van der Waals surface area (Å²) in [5.41, 5.74) is 1.68. The van der Waals surface area contributed by atoms with E-state index in [1.807, 2.05) is 35.8 Å². The molecule has 0 radical (unpaired) electrons. The van der Waals surface area contributed by atoms with Gasteiger partial charge in [0.15, 0.2) is 17.1 Å². The largest absolute Gasteiger partial charge is 0.483 e. The molecule has 0 spiro atoms. The van der Waals surface area contributed by atoms with E-state index in [-0.39, 0.29) is 23.5 Å². The summed E-state index contributed by atoms with van der Waals surface area (Å²) in [6, 6.07) is 13.6. The van der Waals surface area contributed by atoms with Crippen molar-refractivity contribution in [3.05, 3.63) is 82.7 Å². The van der Waals surface area contributed by atoms with Crippen LogP contribution in [0.25, 0.3) is 0 Å². The molecule has 0 saturated carbocycles. The SMILES string of the molecule is C=CCn1c(SCC(=O)Nc2ccc([N+](=O)[O-])cc2)nnc1C(C)Oc1ccc(C(C)C)cc1. The molecule has 1 amide bonds. The number of allylic oxidation sites excluding steroid dienone is 1. The first-order valence-electron chi connectivity index (χ1n) is 10.8. The Balaban J connectivity index is 1.63. The number of ether oxygens (including phenoxy) is 1. The first-order valence-corrected chi connectivity index (χ1v) is 11.7. The van der Waals surface area contributed by atoms with Crippen molar-refractivity contribution in [3.63, 3.8) is 0 Å². The Labute approximate surface area is 202 Å². The van der Waals surface area contributed by atoms with Crippen molar-refractivity contribution in [1.82, 2.24) is 14.8 Å². The number of carbonyl (C=O) groups is 1. The van der Waals surface area contributed by atoms with E-state index in [1.165, 1.54) is 41.6 Å². The number of nitro benzene ring substituents is 1. The van der Waals surface area contributed by atoms with Gasteiger partial charge in [-0.2, -0.15) is 0 Å². The molecular weight excluding hydrogens is 454 g/mol. The molecule has 1 heterocycles. The fourth-order valence-corrected chi connectivity index (χ4v) is 3.94. The van der Waals surface area contributed by atoms with Crippen LogP contribution in [-0.2, 0) is 11.3 Å². The average molecular weight is 482 g/mol. The number of amides is 1. The first kappa shape index (κ1) is 25.0. The number of nitrogens with one attached hydrogen (secondary N) is 1. The summed E-state index contributed by atoms with van der Waals surface area (Å²) in [7, 11) is 0. The molecule has 1 atom stereocenters. The third kappa shape index (κ3) is 6.44. The van der Waals surface area contributed by atoms with E-state index in [2.05, 4.69) is 35.9 Å². The Morgan fingerprint density at radius 1 is 1.18 bits per heavy atom. The van der Waals surface area contributed by atoms with Gasteiger partial charge in [-0.1, -0.05) is 43.8 Å². The number of nitro groups is 1. The second-order valence-electron chi connectivity index (χ2n) is 7.86. The summed E-state index contributed by atoms with van der Waals surface area (Å²) in [6.45, 7) is 10.5. The predicted octanol–water partition coefficient (Wildman–Crippen LogP) is 5.37. The van der Waals surface area contributed by atoms with Crippen molar-refractivity contribution in [1.29, 1.82) is 0 Å². The van der Waals surface area contributed by atoms with Crippen molar-refractivity contribution in [2.45, 2.75) is 44.5 Å². The van der Waals surface area contributed by atoms with E-state index in [9.17, 15) is 14.9 Å². The number of carbonyl (C=O) groups excluding carboxylic acids is 1. The van der Waals surface area contributed by atoms with Gasteiger partial charge in [0.1, 0.15) is 5.75 Å². The van der Waals surface area contributed by atoms with Crippen LogP contribution >= 0.6 is 11.8 Å². The average Bonchev–Trinajstić information content (AvgIpc) is 3.21. The van der Waals surface area contributed by atoms with Gasteiger partial charge < -0.3 is 10.1 Å². The highest BCUT2D eigenvalue weighted by Gasteiger charge is 2.20. The zero-order chi connectivity index (χ0) is 24.7. The number of hydrogen-bond acceptors (Lipinski definition) is 7. The molecule has 2 aromatic carbocycles. The van der Waals surface area contributed by atoms with Crippen molar-refractivity contribution < 1.29 is 14.5 Å². The molecule has 9 nitrogen and oxygen atoms in total. The lowest BCUT2D eigenvalue weighted by atomic mass is 10.0. The number of rotatable bonds is 11. The molecule has 10 heteroatoms. The monoisotopic (exact) mass is 481 g/mol. The molecule has 0 saturated heterocycles. The minimum Gasteiger partial charge on any atom is -0.483 e. The molecule has 3 rings (SSSR count). The van der Waals surface area contributed by atoms with Crippen molar-refractivity contribution in [3.8, 4) is 5.75 Å². The van der Waals surface area contributed by atoms with Gasteiger partial charge in [0.25, 0.3) is 5.69 Å². The highest BCUT2D eigenvalue weighted by molar-refractivity contribution is 7.99.